The number of rotatable bonds is 6. The molecule has 1 aliphatic rings. The number of urea groups is 1. The Bertz CT molecular complexity index is 341. The number of primary amides is 1. The SMILES string of the molecule is NC(=O)CC[C@H](NC(=O)NC1CCOCC1)C(=O)O. The summed E-state index contributed by atoms with van der Waals surface area (Å²) in [5, 5.41) is 13.9. The van der Waals surface area contributed by atoms with E-state index in [2.05, 4.69) is 10.6 Å². The van der Waals surface area contributed by atoms with Gasteiger partial charge >= 0.3 is 12.0 Å². The van der Waals surface area contributed by atoms with Crippen LogP contribution in [-0.4, -0.2) is 48.3 Å². The molecule has 8 nitrogen and oxygen atoms in total. The Hall–Kier alpha value is -1.83. The lowest BCUT2D eigenvalue weighted by molar-refractivity contribution is -0.139. The first-order valence-corrected chi connectivity index (χ1v) is 6.15. The molecule has 1 fully saturated rings. The quantitative estimate of drug-likeness (QED) is 0.502. The monoisotopic (exact) mass is 273 g/mol. The summed E-state index contributed by atoms with van der Waals surface area (Å²) in [7, 11) is 0. The van der Waals surface area contributed by atoms with E-state index < -0.39 is 23.9 Å². The summed E-state index contributed by atoms with van der Waals surface area (Å²) in [4.78, 5) is 33.2. The third-order valence-electron chi connectivity index (χ3n) is 2.84. The molecule has 1 aliphatic heterocycles. The van der Waals surface area contributed by atoms with Crippen LogP contribution in [0.15, 0.2) is 0 Å². The molecule has 3 amide bonds. The lowest BCUT2D eigenvalue weighted by Crippen LogP contribution is -2.50. The van der Waals surface area contributed by atoms with E-state index in [9.17, 15) is 14.4 Å². The van der Waals surface area contributed by atoms with E-state index in [1.54, 1.807) is 0 Å². The number of carboxylic acids is 1. The van der Waals surface area contributed by atoms with E-state index in [1.807, 2.05) is 0 Å². The molecule has 0 unspecified atom stereocenters. The van der Waals surface area contributed by atoms with Crippen LogP contribution < -0.4 is 16.4 Å². The van der Waals surface area contributed by atoms with Crippen LogP contribution in [0.3, 0.4) is 0 Å². The second-order valence-corrected chi connectivity index (χ2v) is 4.40. The van der Waals surface area contributed by atoms with Gasteiger partial charge in [0.1, 0.15) is 6.04 Å². The highest BCUT2D eigenvalue weighted by Gasteiger charge is 2.22. The third kappa shape index (κ3) is 6.05. The van der Waals surface area contributed by atoms with E-state index >= 15 is 0 Å². The molecule has 0 radical (unpaired) electrons. The number of nitrogens with one attached hydrogen (secondary N) is 2. The number of carbonyl (C=O) groups is 3. The lowest BCUT2D eigenvalue weighted by atomic mass is 10.1. The Morgan fingerprint density at radius 2 is 1.95 bits per heavy atom. The van der Waals surface area contributed by atoms with Gasteiger partial charge in [0.15, 0.2) is 0 Å². The number of nitrogens with two attached hydrogens (primary N) is 1. The summed E-state index contributed by atoms with van der Waals surface area (Å²) in [5.41, 5.74) is 4.95. The fraction of sp³-hybridized carbons (Fsp3) is 0.727. The summed E-state index contributed by atoms with van der Waals surface area (Å²) >= 11 is 0. The van der Waals surface area contributed by atoms with Gasteiger partial charge in [0.2, 0.25) is 5.91 Å². The van der Waals surface area contributed by atoms with Gasteiger partial charge in [-0.05, 0) is 19.3 Å². The van der Waals surface area contributed by atoms with Crippen LogP contribution in [0.2, 0.25) is 0 Å². The van der Waals surface area contributed by atoms with E-state index in [0.717, 1.165) is 0 Å². The highest BCUT2D eigenvalue weighted by Crippen LogP contribution is 2.06. The molecule has 108 valence electrons. The molecule has 0 bridgehead atoms. The number of hydrogen-bond acceptors (Lipinski definition) is 4. The molecular formula is C11H19N3O5. The van der Waals surface area contributed by atoms with Gasteiger partial charge in [-0.3, -0.25) is 4.79 Å². The lowest BCUT2D eigenvalue weighted by Gasteiger charge is -2.24. The van der Waals surface area contributed by atoms with Crippen LogP contribution in [0.5, 0.6) is 0 Å². The average molecular weight is 273 g/mol. The predicted molar refractivity (Wildman–Crippen MR) is 65.4 cm³/mol. The van der Waals surface area contributed by atoms with Gasteiger partial charge < -0.3 is 26.2 Å². The largest absolute Gasteiger partial charge is 0.480 e. The first-order chi connectivity index (χ1) is 8.99. The number of aliphatic carboxylic acids is 1. The van der Waals surface area contributed by atoms with Crippen LogP contribution >= 0.6 is 0 Å². The second kappa shape index (κ2) is 7.57. The topological polar surface area (TPSA) is 131 Å². The van der Waals surface area contributed by atoms with Crippen molar-refractivity contribution in [3.8, 4) is 0 Å². The van der Waals surface area contributed by atoms with E-state index in [-0.39, 0.29) is 18.9 Å². The zero-order chi connectivity index (χ0) is 14.3. The molecule has 5 N–H and O–H groups in total. The molecule has 1 rings (SSSR count). The number of amides is 3. The highest BCUT2D eigenvalue weighted by atomic mass is 16.5. The van der Waals surface area contributed by atoms with Crippen molar-refractivity contribution in [2.45, 2.75) is 37.8 Å². The zero-order valence-electron chi connectivity index (χ0n) is 10.6. The number of carboxylic acid groups (broad SMARTS) is 1. The third-order valence-corrected chi connectivity index (χ3v) is 2.84. The van der Waals surface area contributed by atoms with E-state index in [0.29, 0.717) is 26.1 Å². The zero-order valence-corrected chi connectivity index (χ0v) is 10.6. The minimum absolute atomic E-state index is 0.0145. The van der Waals surface area contributed by atoms with Gasteiger partial charge in [0, 0.05) is 25.7 Å². The Morgan fingerprint density at radius 1 is 1.32 bits per heavy atom. The van der Waals surface area contributed by atoms with Crippen LogP contribution in [0.1, 0.15) is 25.7 Å². The van der Waals surface area contributed by atoms with Crippen molar-refractivity contribution in [3.63, 3.8) is 0 Å². The van der Waals surface area contributed by atoms with Crippen molar-refractivity contribution >= 4 is 17.9 Å². The summed E-state index contributed by atoms with van der Waals surface area (Å²) in [6, 6.07) is -1.68. The summed E-state index contributed by atoms with van der Waals surface area (Å²) in [6.07, 6.45) is 1.29. The first-order valence-electron chi connectivity index (χ1n) is 6.15. The number of ether oxygens (including phenoxy) is 1. The standard InChI is InChI=1S/C11H19N3O5/c12-9(15)2-1-8(10(16)17)14-11(18)13-7-3-5-19-6-4-7/h7-8H,1-6H2,(H2,12,15)(H,16,17)(H2,13,14,18)/t8-/m0/s1. The molecule has 8 heteroatoms. The fourth-order valence-corrected chi connectivity index (χ4v) is 1.77. The molecule has 0 spiro atoms. The summed E-state index contributed by atoms with van der Waals surface area (Å²) < 4.78 is 5.15. The molecule has 1 heterocycles. The van der Waals surface area contributed by atoms with E-state index in [4.69, 9.17) is 15.6 Å². The normalized spacial score (nSPS) is 17.5. The number of hydrogen-bond donors (Lipinski definition) is 4. The molecule has 0 aliphatic carbocycles. The van der Waals surface area contributed by atoms with Crippen molar-refractivity contribution in [2.75, 3.05) is 13.2 Å². The first kappa shape index (κ1) is 15.2. The van der Waals surface area contributed by atoms with Gasteiger partial charge in [-0.2, -0.15) is 0 Å². The molecular weight excluding hydrogens is 254 g/mol. The van der Waals surface area contributed by atoms with Crippen molar-refractivity contribution in [2.24, 2.45) is 5.73 Å². The predicted octanol–water partition coefficient (Wildman–Crippen LogP) is -0.817. The smallest absolute Gasteiger partial charge is 0.326 e. The molecule has 1 saturated heterocycles. The summed E-state index contributed by atoms with van der Waals surface area (Å²) in [5.74, 6) is -1.79. The maximum atomic E-state index is 11.6. The van der Waals surface area contributed by atoms with Crippen LogP contribution in [0, 0.1) is 0 Å². The molecule has 0 aromatic carbocycles. The summed E-state index contributed by atoms with van der Waals surface area (Å²) in [6.45, 7) is 1.16. The van der Waals surface area contributed by atoms with Crippen molar-refractivity contribution in [3.05, 3.63) is 0 Å². The second-order valence-electron chi connectivity index (χ2n) is 4.40. The Kier molecular flexibility index (Phi) is 6.07. The molecule has 0 aromatic heterocycles. The van der Waals surface area contributed by atoms with Gasteiger partial charge in [-0.15, -0.1) is 0 Å². The molecule has 0 saturated carbocycles. The van der Waals surface area contributed by atoms with Crippen LogP contribution in [0.4, 0.5) is 4.79 Å². The average Bonchev–Trinajstić information content (AvgIpc) is 2.35. The Balaban J connectivity index is 2.37. The molecule has 0 aromatic rings. The maximum absolute atomic E-state index is 11.6. The molecule has 1 atom stereocenters. The maximum Gasteiger partial charge on any atom is 0.326 e. The highest BCUT2D eigenvalue weighted by molar-refractivity contribution is 5.83. The Morgan fingerprint density at radius 3 is 2.47 bits per heavy atom. The van der Waals surface area contributed by atoms with Crippen molar-refractivity contribution in [1.29, 1.82) is 0 Å². The minimum atomic E-state index is -1.19. The fourth-order valence-electron chi connectivity index (χ4n) is 1.77. The van der Waals surface area contributed by atoms with Gasteiger partial charge in [0.05, 0.1) is 0 Å². The van der Waals surface area contributed by atoms with Crippen molar-refractivity contribution in [1.82, 2.24) is 10.6 Å². The van der Waals surface area contributed by atoms with Crippen molar-refractivity contribution < 1.29 is 24.2 Å². The molecule has 19 heavy (non-hydrogen) atoms. The number of carbonyl (C=O) groups excluding carboxylic acids is 2. The Labute approximate surface area is 110 Å². The van der Waals surface area contributed by atoms with Gasteiger partial charge in [-0.1, -0.05) is 0 Å². The van der Waals surface area contributed by atoms with E-state index in [1.165, 1.54) is 0 Å². The van der Waals surface area contributed by atoms with Gasteiger partial charge in [-0.25, -0.2) is 9.59 Å². The minimum Gasteiger partial charge on any atom is -0.480 e. The van der Waals surface area contributed by atoms with Gasteiger partial charge in [0.25, 0.3) is 0 Å². The van der Waals surface area contributed by atoms with Crippen LogP contribution in [-0.2, 0) is 14.3 Å². The van der Waals surface area contributed by atoms with Crippen LogP contribution in [0.25, 0.3) is 0 Å².